The Bertz CT molecular complexity index is 4280. The first-order chi connectivity index (χ1) is 31.2. The molecule has 9 aromatic carbocycles. The first-order valence-electron chi connectivity index (χ1n) is 21.3. The fourth-order valence-electron chi connectivity index (χ4n) is 10.4. The van der Waals surface area contributed by atoms with Crippen LogP contribution in [0.4, 0.5) is 0 Å². The second-order valence-corrected chi connectivity index (χ2v) is 16.5. The third kappa shape index (κ3) is 4.74. The SMILES string of the molecule is O=c1c2ccccc2c2cc(-c3ccc4c(c3)c3ccccc3n4-c3nc(-c4ccccc4)c4ccccc4n3)cc3c4cc5c6ccccc6n(-c6ccccc6)c5cc4n1c23. The highest BCUT2D eigenvalue weighted by Gasteiger charge is 2.23. The zero-order valence-corrected chi connectivity index (χ0v) is 33.7. The van der Waals surface area contributed by atoms with Crippen LogP contribution in [0.3, 0.4) is 0 Å². The standard InChI is InChI=1S/C57H33N5O/c63-56-41-22-8-7-19-38(41)46-30-36(31-47-45-32-44-40-21-10-13-25-49(40)60(37-17-5-2-6-18-37)52(44)33-53(45)62(56)55(46)47)35-27-28-51-43(29-35)39-20-11-14-26-50(39)61(51)57-58-48-24-12-9-23-42(48)54(59-57)34-15-3-1-4-16-34/h1-33H. The fraction of sp³-hybridized carbons (Fsp3) is 0. The molecule has 6 nitrogen and oxygen atoms in total. The van der Waals surface area contributed by atoms with Crippen LogP contribution < -0.4 is 5.56 Å². The van der Waals surface area contributed by atoms with Crippen LogP contribution in [0.25, 0.3) is 126 Å². The lowest BCUT2D eigenvalue weighted by atomic mass is 9.96. The molecule has 0 fully saturated rings. The molecule has 0 atom stereocenters. The Labute approximate surface area is 359 Å². The van der Waals surface area contributed by atoms with Crippen LogP contribution >= 0.6 is 0 Å². The lowest BCUT2D eigenvalue weighted by Crippen LogP contribution is -2.12. The summed E-state index contributed by atoms with van der Waals surface area (Å²) in [6, 6.07) is 70.1. The number of benzene rings is 9. The highest BCUT2D eigenvalue weighted by atomic mass is 16.1. The Morgan fingerprint density at radius 1 is 0.333 bits per heavy atom. The molecular weight excluding hydrogens is 771 g/mol. The molecule has 0 aliphatic rings. The largest absolute Gasteiger partial charge is 0.309 e. The summed E-state index contributed by atoms with van der Waals surface area (Å²) in [5.74, 6) is 0.631. The van der Waals surface area contributed by atoms with E-state index in [2.05, 4.69) is 167 Å². The van der Waals surface area contributed by atoms with E-state index >= 15 is 0 Å². The van der Waals surface area contributed by atoms with Crippen LogP contribution in [0.1, 0.15) is 0 Å². The number of rotatable bonds is 4. The van der Waals surface area contributed by atoms with Gasteiger partial charge in [-0.1, -0.05) is 127 Å². The van der Waals surface area contributed by atoms with Gasteiger partial charge in [0.25, 0.3) is 5.56 Å². The van der Waals surface area contributed by atoms with E-state index in [1.807, 2.05) is 46.9 Å². The molecule has 0 N–H and O–H groups in total. The maximum atomic E-state index is 14.7. The Balaban J connectivity index is 1.05. The van der Waals surface area contributed by atoms with Crippen LogP contribution in [-0.4, -0.2) is 23.5 Å². The lowest BCUT2D eigenvalue weighted by molar-refractivity contribution is 1.01. The lowest BCUT2D eigenvalue weighted by Gasteiger charge is -2.12. The molecule has 5 aromatic heterocycles. The van der Waals surface area contributed by atoms with Crippen molar-refractivity contribution >= 4 is 92.5 Å². The maximum absolute atomic E-state index is 14.7. The second-order valence-electron chi connectivity index (χ2n) is 16.5. The van der Waals surface area contributed by atoms with E-state index in [0.717, 1.165) is 110 Å². The minimum Gasteiger partial charge on any atom is -0.309 e. The van der Waals surface area contributed by atoms with Gasteiger partial charge in [-0.2, -0.15) is 0 Å². The molecule has 63 heavy (non-hydrogen) atoms. The number of fused-ring (bicyclic) bond motifs is 12. The van der Waals surface area contributed by atoms with Crippen LogP contribution in [-0.2, 0) is 0 Å². The molecule has 14 aromatic rings. The van der Waals surface area contributed by atoms with Gasteiger partial charge >= 0.3 is 0 Å². The smallest absolute Gasteiger partial charge is 0.263 e. The van der Waals surface area contributed by atoms with Crippen molar-refractivity contribution in [3.05, 3.63) is 211 Å². The number of hydrogen-bond acceptors (Lipinski definition) is 3. The van der Waals surface area contributed by atoms with Crippen molar-refractivity contribution in [3.8, 4) is 34.0 Å². The Morgan fingerprint density at radius 3 is 1.65 bits per heavy atom. The Hall–Kier alpha value is -8.61. The molecule has 0 unspecified atom stereocenters. The molecule has 0 aliphatic carbocycles. The van der Waals surface area contributed by atoms with Gasteiger partial charge in [-0.05, 0) is 89.3 Å². The third-order valence-electron chi connectivity index (χ3n) is 13.2. The van der Waals surface area contributed by atoms with Crippen molar-refractivity contribution < 1.29 is 0 Å². The molecule has 14 rings (SSSR count). The molecule has 5 heterocycles. The zero-order valence-electron chi connectivity index (χ0n) is 33.7. The number of nitrogens with zero attached hydrogens (tertiary/aromatic N) is 5. The summed E-state index contributed by atoms with van der Waals surface area (Å²) >= 11 is 0. The van der Waals surface area contributed by atoms with Crippen molar-refractivity contribution in [2.75, 3.05) is 0 Å². The molecule has 6 heteroatoms. The molecular formula is C57H33N5O. The topological polar surface area (TPSA) is 57.1 Å². The van der Waals surface area contributed by atoms with E-state index in [1.54, 1.807) is 0 Å². The van der Waals surface area contributed by atoms with Gasteiger partial charge in [0.2, 0.25) is 5.95 Å². The number of pyridine rings is 1. The van der Waals surface area contributed by atoms with Gasteiger partial charge in [-0.15, -0.1) is 0 Å². The van der Waals surface area contributed by atoms with Gasteiger partial charge in [0.15, 0.2) is 0 Å². The molecule has 0 aliphatic heterocycles. The maximum Gasteiger partial charge on any atom is 0.263 e. The van der Waals surface area contributed by atoms with Crippen molar-refractivity contribution in [2.24, 2.45) is 0 Å². The minimum atomic E-state index is -0.00636. The first-order valence-corrected chi connectivity index (χ1v) is 21.3. The minimum absolute atomic E-state index is 0.00636. The summed E-state index contributed by atoms with van der Waals surface area (Å²) in [7, 11) is 0. The normalized spacial score (nSPS) is 12.2. The number of hydrogen-bond donors (Lipinski definition) is 0. The van der Waals surface area contributed by atoms with Crippen LogP contribution in [0.15, 0.2) is 205 Å². The summed E-state index contributed by atoms with van der Waals surface area (Å²) in [5, 5.41) is 10.4. The fourth-order valence-corrected chi connectivity index (χ4v) is 10.4. The third-order valence-corrected chi connectivity index (χ3v) is 13.2. The monoisotopic (exact) mass is 803 g/mol. The van der Waals surface area contributed by atoms with Gasteiger partial charge in [0.05, 0.1) is 44.3 Å². The van der Waals surface area contributed by atoms with Crippen molar-refractivity contribution in [3.63, 3.8) is 0 Å². The highest BCUT2D eigenvalue weighted by molar-refractivity contribution is 6.25. The quantitative estimate of drug-likeness (QED) is 0.167. The predicted octanol–water partition coefficient (Wildman–Crippen LogP) is 13.7. The Morgan fingerprint density at radius 2 is 0.889 bits per heavy atom. The van der Waals surface area contributed by atoms with E-state index in [9.17, 15) is 4.79 Å². The van der Waals surface area contributed by atoms with E-state index in [-0.39, 0.29) is 5.56 Å². The number of para-hydroxylation sites is 4. The van der Waals surface area contributed by atoms with Crippen molar-refractivity contribution in [2.45, 2.75) is 0 Å². The van der Waals surface area contributed by atoms with E-state index in [1.165, 1.54) is 5.39 Å². The summed E-state index contributed by atoms with van der Waals surface area (Å²) < 4.78 is 6.48. The average Bonchev–Trinajstić information content (AvgIpc) is 3.98. The summed E-state index contributed by atoms with van der Waals surface area (Å²) in [6.07, 6.45) is 0. The second kappa shape index (κ2) is 12.7. The van der Waals surface area contributed by atoms with Crippen LogP contribution in [0.5, 0.6) is 0 Å². The molecule has 0 bridgehead atoms. The summed E-state index contributed by atoms with van der Waals surface area (Å²) in [5.41, 5.74) is 12.2. The molecule has 0 saturated heterocycles. The summed E-state index contributed by atoms with van der Waals surface area (Å²) in [4.78, 5) is 25.2. The van der Waals surface area contributed by atoms with E-state index in [0.29, 0.717) is 11.3 Å². The molecule has 0 amide bonds. The summed E-state index contributed by atoms with van der Waals surface area (Å²) in [6.45, 7) is 0. The van der Waals surface area contributed by atoms with Gasteiger partial charge in [0.1, 0.15) is 0 Å². The van der Waals surface area contributed by atoms with Crippen LogP contribution in [0.2, 0.25) is 0 Å². The highest BCUT2D eigenvalue weighted by Crippen LogP contribution is 2.43. The molecule has 0 spiro atoms. The van der Waals surface area contributed by atoms with Crippen molar-refractivity contribution in [1.82, 2.24) is 23.5 Å². The van der Waals surface area contributed by atoms with Crippen molar-refractivity contribution in [1.29, 1.82) is 0 Å². The average molecular weight is 804 g/mol. The van der Waals surface area contributed by atoms with E-state index in [4.69, 9.17) is 9.97 Å². The number of aromatic nitrogens is 5. The van der Waals surface area contributed by atoms with Crippen LogP contribution in [0, 0.1) is 0 Å². The molecule has 0 saturated carbocycles. The molecule has 292 valence electrons. The predicted molar refractivity (Wildman–Crippen MR) is 260 cm³/mol. The first kappa shape index (κ1) is 34.1. The zero-order chi connectivity index (χ0) is 41.3. The van der Waals surface area contributed by atoms with E-state index < -0.39 is 0 Å². The van der Waals surface area contributed by atoms with Gasteiger partial charge in [0, 0.05) is 59.7 Å². The molecule has 0 radical (unpaired) electrons. The van der Waals surface area contributed by atoms with Gasteiger partial charge in [-0.25, -0.2) is 9.97 Å². The van der Waals surface area contributed by atoms with Gasteiger partial charge < -0.3 is 4.57 Å². The Kier molecular flexibility index (Phi) is 6.89. The van der Waals surface area contributed by atoms with Gasteiger partial charge in [-0.3, -0.25) is 13.8 Å².